The minimum atomic E-state index is 0.195. The van der Waals surface area contributed by atoms with Crippen LogP contribution in [0.25, 0.3) is 0 Å². The first-order valence-electron chi connectivity index (χ1n) is 4.94. The van der Waals surface area contributed by atoms with Gasteiger partial charge in [0.25, 0.3) is 0 Å². The fraction of sp³-hybridized carbons (Fsp3) is 0.700. The fourth-order valence-electron chi connectivity index (χ4n) is 1.36. The van der Waals surface area contributed by atoms with Gasteiger partial charge in [-0.1, -0.05) is 20.8 Å². The van der Waals surface area contributed by atoms with E-state index in [1.54, 1.807) is 0 Å². The summed E-state index contributed by atoms with van der Waals surface area (Å²) >= 11 is 0. The van der Waals surface area contributed by atoms with Crippen molar-refractivity contribution in [3.63, 3.8) is 0 Å². The zero-order valence-electron chi connectivity index (χ0n) is 9.25. The minimum Gasteiger partial charge on any atom is -0.384 e. The maximum Gasteiger partial charge on any atom is 0.124 e. The highest BCUT2D eigenvalue weighted by atomic mass is 15.3. The molecule has 0 aromatic carbocycles. The van der Waals surface area contributed by atoms with Crippen LogP contribution in [0.2, 0.25) is 0 Å². The minimum absolute atomic E-state index is 0.195. The van der Waals surface area contributed by atoms with Crippen LogP contribution in [0.4, 0.5) is 5.82 Å². The Kier molecular flexibility index (Phi) is 3.16. The number of anilines is 1. The summed E-state index contributed by atoms with van der Waals surface area (Å²) in [6.45, 7) is 7.94. The zero-order valence-corrected chi connectivity index (χ0v) is 9.25. The third-order valence-electron chi connectivity index (χ3n) is 2.00. The maximum atomic E-state index is 5.94. The molecule has 4 nitrogen and oxygen atoms in total. The molecule has 1 aromatic heterocycles. The van der Waals surface area contributed by atoms with Gasteiger partial charge in [-0.05, 0) is 18.4 Å². The van der Waals surface area contributed by atoms with Crippen molar-refractivity contribution in [2.75, 3.05) is 12.3 Å². The summed E-state index contributed by atoms with van der Waals surface area (Å²) in [5.74, 6) is 0.755. The molecule has 0 atom stereocenters. The Morgan fingerprint density at radius 1 is 1.43 bits per heavy atom. The lowest BCUT2D eigenvalue weighted by Gasteiger charge is -2.18. The lowest BCUT2D eigenvalue weighted by Crippen LogP contribution is -2.18. The first kappa shape index (κ1) is 11.0. The van der Waals surface area contributed by atoms with Crippen LogP contribution >= 0.6 is 0 Å². The Morgan fingerprint density at radius 2 is 2.07 bits per heavy atom. The summed E-state index contributed by atoms with van der Waals surface area (Å²) in [5, 5.41) is 4.26. The second kappa shape index (κ2) is 4.00. The van der Waals surface area contributed by atoms with Gasteiger partial charge in [0, 0.05) is 12.1 Å². The van der Waals surface area contributed by atoms with Crippen LogP contribution in [0.15, 0.2) is 6.20 Å². The summed E-state index contributed by atoms with van der Waals surface area (Å²) in [6.07, 6.45) is 2.61. The normalized spacial score (nSPS) is 12.0. The monoisotopic (exact) mass is 196 g/mol. The molecule has 1 heterocycles. The number of nitrogen functional groups attached to an aromatic ring is 1. The SMILES string of the molecule is CC(C)(C)Cn1ncc(CCN)c1N. The van der Waals surface area contributed by atoms with Gasteiger partial charge < -0.3 is 11.5 Å². The number of rotatable bonds is 3. The molecule has 0 amide bonds. The molecule has 1 rings (SSSR count). The van der Waals surface area contributed by atoms with Gasteiger partial charge in [0.05, 0.1) is 6.20 Å². The van der Waals surface area contributed by atoms with E-state index < -0.39 is 0 Å². The smallest absolute Gasteiger partial charge is 0.124 e. The molecular formula is C10H20N4. The second-order valence-electron chi connectivity index (χ2n) is 4.81. The molecule has 0 aliphatic rings. The van der Waals surface area contributed by atoms with Gasteiger partial charge in [0.15, 0.2) is 0 Å². The lowest BCUT2D eigenvalue weighted by atomic mass is 9.97. The number of hydrogen-bond acceptors (Lipinski definition) is 3. The van der Waals surface area contributed by atoms with Crippen molar-refractivity contribution in [2.24, 2.45) is 11.1 Å². The van der Waals surface area contributed by atoms with E-state index in [0.717, 1.165) is 24.3 Å². The predicted octanol–water partition coefficient (Wildman–Crippen LogP) is 1.01. The summed E-state index contributed by atoms with van der Waals surface area (Å²) in [7, 11) is 0. The Balaban J connectivity index is 2.79. The number of hydrogen-bond donors (Lipinski definition) is 2. The van der Waals surface area contributed by atoms with Crippen LogP contribution in [0.1, 0.15) is 26.3 Å². The summed E-state index contributed by atoms with van der Waals surface area (Å²) in [6, 6.07) is 0. The molecule has 0 aliphatic heterocycles. The number of nitrogens with zero attached hydrogens (tertiary/aromatic N) is 2. The predicted molar refractivity (Wildman–Crippen MR) is 58.9 cm³/mol. The van der Waals surface area contributed by atoms with E-state index in [-0.39, 0.29) is 5.41 Å². The van der Waals surface area contributed by atoms with Gasteiger partial charge in [-0.2, -0.15) is 5.10 Å². The third kappa shape index (κ3) is 2.73. The average Bonchev–Trinajstić information content (AvgIpc) is 2.34. The molecule has 1 aromatic rings. The average molecular weight is 196 g/mol. The zero-order chi connectivity index (χ0) is 10.8. The molecule has 0 saturated carbocycles. The van der Waals surface area contributed by atoms with E-state index in [1.165, 1.54) is 0 Å². The Bertz CT molecular complexity index is 296. The van der Waals surface area contributed by atoms with Crippen LogP contribution < -0.4 is 11.5 Å². The molecule has 0 saturated heterocycles. The maximum absolute atomic E-state index is 5.94. The van der Waals surface area contributed by atoms with E-state index in [2.05, 4.69) is 25.9 Å². The highest BCUT2D eigenvalue weighted by Crippen LogP contribution is 2.20. The molecule has 0 spiro atoms. The van der Waals surface area contributed by atoms with E-state index in [1.807, 2.05) is 10.9 Å². The van der Waals surface area contributed by atoms with Crippen LogP contribution in [0.5, 0.6) is 0 Å². The molecule has 4 N–H and O–H groups in total. The Morgan fingerprint density at radius 3 is 2.57 bits per heavy atom. The van der Waals surface area contributed by atoms with Gasteiger partial charge in [0.2, 0.25) is 0 Å². The van der Waals surface area contributed by atoms with E-state index in [4.69, 9.17) is 11.5 Å². The molecule has 0 unspecified atom stereocenters. The van der Waals surface area contributed by atoms with Gasteiger partial charge in [-0.25, -0.2) is 4.68 Å². The molecular weight excluding hydrogens is 176 g/mol. The fourth-order valence-corrected chi connectivity index (χ4v) is 1.36. The van der Waals surface area contributed by atoms with Gasteiger partial charge in [-0.15, -0.1) is 0 Å². The molecule has 4 heteroatoms. The molecule has 80 valence electrons. The van der Waals surface area contributed by atoms with E-state index in [9.17, 15) is 0 Å². The second-order valence-corrected chi connectivity index (χ2v) is 4.81. The van der Waals surface area contributed by atoms with Crippen molar-refractivity contribution in [2.45, 2.75) is 33.7 Å². The van der Waals surface area contributed by atoms with Gasteiger partial charge in [0.1, 0.15) is 5.82 Å². The van der Waals surface area contributed by atoms with Crippen LogP contribution in [-0.4, -0.2) is 16.3 Å². The number of nitrogens with two attached hydrogens (primary N) is 2. The summed E-state index contributed by atoms with van der Waals surface area (Å²) in [5.41, 5.74) is 12.7. The quantitative estimate of drug-likeness (QED) is 0.758. The van der Waals surface area contributed by atoms with Crippen molar-refractivity contribution in [3.8, 4) is 0 Å². The van der Waals surface area contributed by atoms with Crippen molar-refractivity contribution in [1.29, 1.82) is 0 Å². The van der Waals surface area contributed by atoms with Crippen molar-refractivity contribution < 1.29 is 0 Å². The Hall–Kier alpha value is -1.03. The van der Waals surface area contributed by atoms with Crippen molar-refractivity contribution >= 4 is 5.82 Å². The topological polar surface area (TPSA) is 69.9 Å². The van der Waals surface area contributed by atoms with Crippen LogP contribution in [0, 0.1) is 5.41 Å². The van der Waals surface area contributed by atoms with E-state index >= 15 is 0 Å². The van der Waals surface area contributed by atoms with Gasteiger partial charge in [-0.3, -0.25) is 0 Å². The van der Waals surface area contributed by atoms with Crippen LogP contribution in [-0.2, 0) is 13.0 Å². The molecule has 0 aliphatic carbocycles. The van der Waals surface area contributed by atoms with Crippen molar-refractivity contribution in [3.05, 3.63) is 11.8 Å². The number of aromatic nitrogens is 2. The van der Waals surface area contributed by atoms with Gasteiger partial charge >= 0.3 is 0 Å². The molecule has 0 bridgehead atoms. The largest absolute Gasteiger partial charge is 0.384 e. The van der Waals surface area contributed by atoms with E-state index in [0.29, 0.717) is 6.54 Å². The first-order valence-corrected chi connectivity index (χ1v) is 4.94. The highest BCUT2D eigenvalue weighted by Gasteiger charge is 2.14. The lowest BCUT2D eigenvalue weighted by molar-refractivity contribution is 0.328. The standard InChI is InChI=1S/C10H20N4/c1-10(2,3)7-14-9(12)8(4-5-11)6-13-14/h6H,4-5,7,11-12H2,1-3H3. The molecule has 14 heavy (non-hydrogen) atoms. The molecule has 0 radical (unpaired) electrons. The van der Waals surface area contributed by atoms with Crippen LogP contribution in [0.3, 0.4) is 0 Å². The highest BCUT2D eigenvalue weighted by molar-refractivity contribution is 5.38. The first-order chi connectivity index (χ1) is 6.44. The summed E-state index contributed by atoms with van der Waals surface area (Å²) < 4.78 is 1.85. The Labute approximate surface area is 85.3 Å². The van der Waals surface area contributed by atoms with Crippen molar-refractivity contribution in [1.82, 2.24) is 9.78 Å². The summed E-state index contributed by atoms with van der Waals surface area (Å²) in [4.78, 5) is 0. The third-order valence-corrected chi connectivity index (χ3v) is 2.00. The molecule has 0 fully saturated rings.